The van der Waals surface area contributed by atoms with E-state index in [-0.39, 0.29) is 5.69 Å². The van der Waals surface area contributed by atoms with Gasteiger partial charge in [-0.25, -0.2) is 15.2 Å². The van der Waals surface area contributed by atoms with Gasteiger partial charge in [0.25, 0.3) is 0 Å². The molecule has 0 heterocycles. The summed E-state index contributed by atoms with van der Waals surface area (Å²) in [6.07, 6.45) is 0. The second-order valence-corrected chi connectivity index (χ2v) is 3.65. The van der Waals surface area contributed by atoms with E-state index in [1.165, 1.54) is 12.1 Å². The molecule has 6 heteroatoms. The van der Waals surface area contributed by atoms with E-state index in [1.54, 1.807) is 18.2 Å². The quantitative estimate of drug-likeness (QED) is 0.356. The molecule has 1 aromatic rings. The van der Waals surface area contributed by atoms with Crippen molar-refractivity contribution in [3.63, 3.8) is 0 Å². The molecule has 5 nitrogen and oxygen atoms in total. The number of nitrogens with two attached hydrogens (primary N) is 1. The largest absolute Gasteiger partial charge is 0.444 e. The van der Waals surface area contributed by atoms with E-state index < -0.39 is 7.75 Å². The van der Waals surface area contributed by atoms with Crippen LogP contribution < -0.4 is 10.6 Å². The van der Waals surface area contributed by atoms with Crippen LogP contribution in [0, 0.1) is 0 Å². The van der Waals surface area contributed by atoms with Gasteiger partial charge < -0.3 is 9.79 Å². The second kappa shape index (κ2) is 3.25. The molecule has 0 saturated heterocycles. The second-order valence-electron chi connectivity index (χ2n) is 2.19. The number of hydrogen-bond acceptors (Lipinski definition) is 2. The average molecular weight is 188 g/mol. The van der Waals surface area contributed by atoms with Gasteiger partial charge in [0.15, 0.2) is 0 Å². The summed E-state index contributed by atoms with van der Waals surface area (Å²) in [7, 11) is -4.37. The zero-order chi connectivity index (χ0) is 9.19. The molecule has 66 valence electrons. The number of anilines is 1. The van der Waals surface area contributed by atoms with Crippen molar-refractivity contribution < 1.29 is 14.4 Å². The van der Waals surface area contributed by atoms with Gasteiger partial charge in [0.1, 0.15) is 0 Å². The van der Waals surface area contributed by atoms with E-state index in [1.807, 2.05) is 0 Å². The normalized spacial score (nSPS) is 11.2. The fraction of sp³-hybridized carbons (Fsp3) is 0. The van der Waals surface area contributed by atoms with Crippen molar-refractivity contribution in [1.82, 2.24) is 0 Å². The molecule has 0 aromatic heterocycles. The van der Waals surface area contributed by atoms with Crippen molar-refractivity contribution in [2.24, 2.45) is 5.84 Å². The topological polar surface area (TPSA) is 86.8 Å². The summed E-state index contributed by atoms with van der Waals surface area (Å²) in [4.78, 5) is 17.3. The van der Waals surface area contributed by atoms with E-state index in [4.69, 9.17) is 15.6 Å². The summed E-state index contributed by atoms with van der Waals surface area (Å²) in [5.74, 6) is 5.14. The number of hydrogen-bond donors (Lipinski definition) is 3. The molecule has 0 radical (unpaired) electrons. The van der Waals surface area contributed by atoms with E-state index in [0.717, 1.165) is 0 Å². The van der Waals surface area contributed by atoms with Crippen LogP contribution >= 0.6 is 7.75 Å². The fourth-order valence-corrected chi connectivity index (χ4v) is 1.17. The molecule has 0 aliphatic carbocycles. The van der Waals surface area contributed by atoms with Crippen LogP contribution in [0.1, 0.15) is 0 Å². The molecule has 0 atom stereocenters. The highest BCUT2D eigenvalue weighted by Gasteiger charge is 2.21. The van der Waals surface area contributed by atoms with Crippen LogP contribution in [0.15, 0.2) is 30.3 Å². The molecule has 0 aliphatic heterocycles. The molecule has 1 rings (SSSR count). The van der Waals surface area contributed by atoms with Gasteiger partial charge >= 0.3 is 7.75 Å². The Bertz CT molecular complexity index is 297. The van der Waals surface area contributed by atoms with Gasteiger partial charge in [-0.05, 0) is 12.1 Å². The van der Waals surface area contributed by atoms with Crippen molar-refractivity contribution in [1.29, 1.82) is 0 Å². The number of para-hydroxylation sites is 1. The smallest absolute Gasteiger partial charge is 0.307 e. The molecule has 0 unspecified atom stereocenters. The zero-order valence-corrected chi connectivity index (χ0v) is 7.06. The van der Waals surface area contributed by atoms with E-state index in [2.05, 4.69) is 0 Å². The van der Waals surface area contributed by atoms with Crippen molar-refractivity contribution in [2.75, 3.05) is 4.78 Å². The maximum Gasteiger partial charge on any atom is 0.444 e. The lowest BCUT2D eigenvalue weighted by Gasteiger charge is -2.18. The molecule has 0 saturated carbocycles. The van der Waals surface area contributed by atoms with Gasteiger partial charge in [-0.1, -0.05) is 18.2 Å². The Morgan fingerprint density at radius 3 is 2.17 bits per heavy atom. The Morgan fingerprint density at radius 2 is 1.75 bits per heavy atom. The Balaban J connectivity index is 2.94. The number of hydrazine groups is 1. The van der Waals surface area contributed by atoms with Gasteiger partial charge in [-0.2, -0.15) is 0 Å². The van der Waals surface area contributed by atoms with Gasteiger partial charge in [0.2, 0.25) is 0 Å². The van der Waals surface area contributed by atoms with E-state index >= 15 is 0 Å². The highest BCUT2D eigenvalue weighted by atomic mass is 31.2. The molecular formula is C6H9N2O3P. The van der Waals surface area contributed by atoms with Crippen LogP contribution in [-0.4, -0.2) is 9.79 Å². The highest BCUT2D eigenvalue weighted by Crippen LogP contribution is 2.40. The summed E-state index contributed by atoms with van der Waals surface area (Å²) >= 11 is 0. The van der Waals surface area contributed by atoms with Crippen molar-refractivity contribution in [2.45, 2.75) is 0 Å². The first-order valence-corrected chi connectivity index (χ1v) is 4.74. The lowest BCUT2D eigenvalue weighted by molar-refractivity contribution is 0.368. The molecule has 0 bridgehead atoms. The third kappa shape index (κ3) is 2.06. The first-order chi connectivity index (χ1) is 5.52. The van der Waals surface area contributed by atoms with Gasteiger partial charge in [0, 0.05) is 0 Å². The third-order valence-corrected chi connectivity index (χ3v) is 2.09. The fourth-order valence-electron chi connectivity index (χ4n) is 0.731. The van der Waals surface area contributed by atoms with Gasteiger partial charge in [0.05, 0.1) is 5.69 Å². The van der Waals surface area contributed by atoms with Gasteiger partial charge in [-0.15, -0.1) is 0 Å². The summed E-state index contributed by atoms with van der Waals surface area (Å²) in [6, 6.07) is 8.05. The SMILES string of the molecule is NN(c1ccccc1)P(=O)(O)O. The van der Waals surface area contributed by atoms with Crippen LogP contribution in [0.25, 0.3) is 0 Å². The number of rotatable bonds is 2. The minimum Gasteiger partial charge on any atom is -0.307 e. The number of benzene rings is 1. The molecule has 12 heavy (non-hydrogen) atoms. The lowest BCUT2D eigenvalue weighted by Crippen LogP contribution is -2.26. The molecule has 0 spiro atoms. The molecular weight excluding hydrogens is 179 g/mol. The highest BCUT2D eigenvalue weighted by molar-refractivity contribution is 7.53. The summed E-state index contributed by atoms with van der Waals surface area (Å²) < 4.78 is 11.1. The van der Waals surface area contributed by atoms with Crippen LogP contribution in [0.3, 0.4) is 0 Å². The molecule has 4 N–H and O–H groups in total. The Kier molecular flexibility index (Phi) is 2.49. The Labute approximate surface area is 69.6 Å². The van der Waals surface area contributed by atoms with Crippen molar-refractivity contribution >= 4 is 13.4 Å². The maximum atomic E-state index is 10.6. The molecule has 1 aromatic carbocycles. The van der Waals surface area contributed by atoms with E-state index in [9.17, 15) is 4.57 Å². The van der Waals surface area contributed by atoms with E-state index in [0.29, 0.717) is 4.78 Å². The van der Waals surface area contributed by atoms with Crippen LogP contribution in [0.2, 0.25) is 0 Å². The molecule has 0 aliphatic rings. The molecule has 0 amide bonds. The minimum absolute atomic E-state index is 0.283. The standard InChI is InChI=1S/C6H9N2O3P/c7-8(12(9,10)11)6-4-2-1-3-5-6/h1-5H,7H2,(H2,9,10,11). The minimum atomic E-state index is -4.37. The van der Waals surface area contributed by atoms with Crippen LogP contribution in [0.4, 0.5) is 5.69 Å². The lowest BCUT2D eigenvalue weighted by atomic mass is 10.3. The summed E-state index contributed by atoms with van der Waals surface area (Å²) in [5.41, 5.74) is 0.283. The Hall–Kier alpha value is -0.870. The summed E-state index contributed by atoms with van der Waals surface area (Å²) in [6.45, 7) is 0. The maximum absolute atomic E-state index is 10.6. The number of nitrogens with zero attached hydrogens (tertiary/aromatic N) is 1. The average Bonchev–Trinajstić information content (AvgIpc) is 2.03. The van der Waals surface area contributed by atoms with Gasteiger partial charge in [-0.3, -0.25) is 0 Å². The first kappa shape index (κ1) is 9.22. The van der Waals surface area contributed by atoms with Crippen LogP contribution in [-0.2, 0) is 4.57 Å². The zero-order valence-electron chi connectivity index (χ0n) is 6.16. The van der Waals surface area contributed by atoms with Crippen molar-refractivity contribution in [3.8, 4) is 0 Å². The molecule has 0 fully saturated rings. The predicted molar refractivity (Wildman–Crippen MR) is 45.2 cm³/mol. The predicted octanol–water partition coefficient (Wildman–Crippen LogP) is 0.459. The Morgan fingerprint density at radius 1 is 1.25 bits per heavy atom. The first-order valence-electron chi connectivity index (χ1n) is 3.18. The van der Waals surface area contributed by atoms with Crippen LogP contribution in [0.5, 0.6) is 0 Å². The summed E-state index contributed by atoms with van der Waals surface area (Å²) in [5, 5.41) is 0. The third-order valence-electron chi connectivity index (χ3n) is 1.30. The monoisotopic (exact) mass is 188 g/mol. The van der Waals surface area contributed by atoms with Crippen molar-refractivity contribution in [3.05, 3.63) is 30.3 Å².